The van der Waals surface area contributed by atoms with Crippen LogP contribution in [0.2, 0.25) is 0 Å². The number of rotatable bonds is 16. The average molecular weight is 636 g/mol. The molecule has 1 heterocycles. The first kappa shape index (κ1) is 37.4. The Labute approximate surface area is 267 Å². The van der Waals surface area contributed by atoms with E-state index in [0.717, 1.165) is 49.8 Å². The van der Waals surface area contributed by atoms with E-state index < -0.39 is 29.3 Å². The van der Waals surface area contributed by atoms with Gasteiger partial charge in [0.2, 0.25) is 5.91 Å². The fourth-order valence-corrected chi connectivity index (χ4v) is 5.84. The Kier molecular flexibility index (Phi) is 15.5. The lowest BCUT2D eigenvalue weighted by atomic mass is 10.0. The smallest absolute Gasteiger partial charge is 0.407 e. The van der Waals surface area contributed by atoms with Gasteiger partial charge in [0.25, 0.3) is 0 Å². The van der Waals surface area contributed by atoms with Crippen molar-refractivity contribution in [2.75, 3.05) is 30.3 Å². The van der Waals surface area contributed by atoms with Crippen molar-refractivity contribution in [1.82, 2.24) is 10.6 Å². The van der Waals surface area contributed by atoms with E-state index in [1.807, 2.05) is 45.0 Å². The van der Waals surface area contributed by atoms with Crippen LogP contribution in [-0.2, 0) is 28.6 Å². The molecule has 1 aliphatic rings. The molecule has 44 heavy (non-hydrogen) atoms. The van der Waals surface area contributed by atoms with E-state index in [1.165, 1.54) is 16.7 Å². The molecule has 1 aromatic rings. The monoisotopic (exact) mass is 635 g/mol. The molecule has 0 saturated carbocycles. The van der Waals surface area contributed by atoms with Crippen LogP contribution in [0.5, 0.6) is 0 Å². The van der Waals surface area contributed by atoms with E-state index in [0.29, 0.717) is 24.4 Å². The first-order valence-corrected chi connectivity index (χ1v) is 16.8. The van der Waals surface area contributed by atoms with Gasteiger partial charge in [-0.05, 0) is 73.4 Å². The highest BCUT2D eigenvalue weighted by molar-refractivity contribution is 7.99. The van der Waals surface area contributed by atoms with Crippen LogP contribution in [0, 0.1) is 0 Å². The topological polar surface area (TPSA) is 123 Å². The summed E-state index contributed by atoms with van der Waals surface area (Å²) in [5.74, 6) is -0.723. The number of hydrogen-bond acceptors (Lipinski definition) is 9. The number of thioether (sulfide) groups is 1. The van der Waals surface area contributed by atoms with E-state index in [2.05, 4.69) is 10.6 Å². The first-order valence-electron chi connectivity index (χ1n) is 15.8. The Morgan fingerprint density at radius 1 is 0.932 bits per heavy atom. The fraction of sp³-hybridized carbons (Fsp3) is 0.697. The molecule has 0 radical (unpaired) electrons. The first-order chi connectivity index (χ1) is 20.7. The number of carbonyl (C=O) groups excluding carboxylic acids is 4. The van der Waals surface area contributed by atoms with Gasteiger partial charge in [-0.1, -0.05) is 50.7 Å². The van der Waals surface area contributed by atoms with Crippen LogP contribution >= 0.6 is 11.8 Å². The molecule has 2 amide bonds. The maximum absolute atomic E-state index is 13.8. The van der Waals surface area contributed by atoms with Gasteiger partial charge in [-0.2, -0.15) is 0 Å². The third-order valence-electron chi connectivity index (χ3n) is 6.64. The van der Waals surface area contributed by atoms with Crippen molar-refractivity contribution >= 4 is 41.4 Å². The van der Waals surface area contributed by atoms with Gasteiger partial charge in [0, 0.05) is 17.2 Å². The lowest BCUT2D eigenvalue weighted by molar-refractivity contribution is -0.154. The van der Waals surface area contributed by atoms with Gasteiger partial charge in [-0.25, -0.2) is 4.79 Å². The molecule has 1 aliphatic heterocycles. The molecule has 0 saturated heterocycles. The van der Waals surface area contributed by atoms with E-state index in [1.54, 1.807) is 27.7 Å². The van der Waals surface area contributed by atoms with Gasteiger partial charge in [0.1, 0.15) is 23.8 Å². The molecule has 2 atom stereocenters. The predicted molar refractivity (Wildman–Crippen MR) is 174 cm³/mol. The number of benzene rings is 1. The fourth-order valence-electron chi connectivity index (χ4n) is 4.76. The van der Waals surface area contributed by atoms with Gasteiger partial charge in [0.15, 0.2) is 0 Å². The summed E-state index contributed by atoms with van der Waals surface area (Å²) in [6, 6.07) is 6.18. The highest BCUT2D eigenvalue weighted by Gasteiger charge is 2.35. The number of unbranched alkanes of at least 4 members (excludes halogenated alkanes) is 6. The molecule has 248 valence electrons. The van der Waals surface area contributed by atoms with Crippen molar-refractivity contribution in [3.63, 3.8) is 0 Å². The number of nitrogens with zero attached hydrogens (tertiary/aromatic N) is 1. The molecule has 0 aliphatic carbocycles. The zero-order valence-corrected chi connectivity index (χ0v) is 28.5. The summed E-state index contributed by atoms with van der Waals surface area (Å²) in [5, 5.41) is 6.07. The molecule has 2 N–H and O–H groups in total. The van der Waals surface area contributed by atoms with Crippen LogP contribution in [0.25, 0.3) is 0 Å². The van der Waals surface area contributed by atoms with Crippen LogP contribution in [-0.4, -0.2) is 72.7 Å². The van der Waals surface area contributed by atoms with Crippen molar-refractivity contribution in [3.05, 3.63) is 24.3 Å². The van der Waals surface area contributed by atoms with Gasteiger partial charge >= 0.3 is 18.0 Å². The molecule has 0 unspecified atom stereocenters. The molecule has 10 nitrogen and oxygen atoms in total. The van der Waals surface area contributed by atoms with E-state index in [4.69, 9.17) is 14.2 Å². The summed E-state index contributed by atoms with van der Waals surface area (Å²) in [6.45, 7) is 13.3. The molecule has 1 aromatic carbocycles. The minimum absolute atomic E-state index is 0.215. The largest absolute Gasteiger partial charge is 0.465 e. The number of amides is 2. The summed E-state index contributed by atoms with van der Waals surface area (Å²) in [7, 11) is 0. The number of anilines is 1. The zero-order chi connectivity index (χ0) is 32.8. The lowest BCUT2D eigenvalue weighted by Crippen LogP contribution is -2.54. The predicted octanol–water partition coefficient (Wildman–Crippen LogP) is 6.00. The molecule has 0 spiro atoms. The summed E-state index contributed by atoms with van der Waals surface area (Å²) in [6.07, 6.45) is 7.02. The molecule has 0 bridgehead atoms. The normalized spacial score (nSPS) is 16.0. The second kappa shape index (κ2) is 18.2. The third kappa shape index (κ3) is 14.3. The molecule has 2 rings (SSSR count). The number of alkyl carbamates (subject to hydrolysis) is 1. The van der Waals surface area contributed by atoms with Crippen LogP contribution in [0.4, 0.5) is 10.5 Å². The maximum Gasteiger partial charge on any atom is 0.407 e. The van der Waals surface area contributed by atoms with Crippen LogP contribution < -0.4 is 15.5 Å². The van der Waals surface area contributed by atoms with Crippen LogP contribution in [0.15, 0.2) is 29.2 Å². The van der Waals surface area contributed by atoms with E-state index in [-0.39, 0.29) is 31.1 Å². The Bertz CT molecular complexity index is 1080. The number of fused-ring (bicyclic) bond motifs is 1. The lowest BCUT2D eigenvalue weighted by Gasteiger charge is -2.28. The van der Waals surface area contributed by atoms with Crippen molar-refractivity contribution in [2.45, 2.75) is 128 Å². The summed E-state index contributed by atoms with van der Waals surface area (Å²) in [4.78, 5) is 53.5. The average Bonchev–Trinajstić information content (AvgIpc) is 3.03. The van der Waals surface area contributed by atoms with Gasteiger partial charge in [0.05, 0.1) is 18.3 Å². The quantitative estimate of drug-likeness (QED) is 0.128. The molecule has 0 fully saturated rings. The maximum atomic E-state index is 13.8. The molecule has 11 heteroatoms. The van der Waals surface area contributed by atoms with Crippen molar-refractivity contribution in [3.8, 4) is 0 Å². The van der Waals surface area contributed by atoms with Crippen molar-refractivity contribution in [1.29, 1.82) is 0 Å². The van der Waals surface area contributed by atoms with Crippen molar-refractivity contribution < 1.29 is 33.4 Å². The minimum Gasteiger partial charge on any atom is -0.465 e. The summed E-state index contributed by atoms with van der Waals surface area (Å²) in [5.41, 5.74) is -0.512. The second-order valence-electron chi connectivity index (χ2n) is 13.0. The van der Waals surface area contributed by atoms with Gasteiger partial charge < -0.3 is 19.5 Å². The number of carbonyl (C=O) groups is 4. The number of nitrogens with one attached hydrogen (secondary N) is 2. The van der Waals surface area contributed by atoms with Crippen LogP contribution in [0.3, 0.4) is 0 Å². The Balaban J connectivity index is 1.88. The number of ether oxygens (including phenoxy) is 3. The standard InChI is InChI=1S/C33H53N3O7S/c1-8-41-30(39)24(18-14-12-10-9-11-13-17-21-34-31(40)43-33(5,6)7)35-25-23-44-27-20-16-15-19-26(27)36(29(25)38)22-28(37)42-32(2,3)4/h15-16,19-20,24-25,35H,8-14,17-18,21-23H2,1-7H3,(H,34,40)/t24-,25-/m0/s1. The Morgan fingerprint density at radius 3 is 2.18 bits per heavy atom. The SMILES string of the molecule is CCOC(=O)[C@H](CCCCCCCCCNC(=O)OC(C)(C)C)N[C@H]1CSc2ccccc2N(CC(=O)OC(C)(C)C)C1=O. The minimum atomic E-state index is -0.682. The molecule has 0 aromatic heterocycles. The van der Waals surface area contributed by atoms with Gasteiger partial charge in [-0.15, -0.1) is 11.8 Å². The van der Waals surface area contributed by atoms with Crippen LogP contribution in [0.1, 0.15) is 99.8 Å². The zero-order valence-electron chi connectivity index (χ0n) is 27.7. The molecular formula is C33H53N3O7S. The third-order valence-corrected chi connectivity index (χ3v) is 7.80. The Hall–Kier alpha value is -2.79. The number of esters is 2. The summed E-state index contributed by atoms with van der Waals surface area (Å²) < 4.78 is 16.1. The van der Waals surface area contributed by atoms with E-state index >= 15 is 0 Å². The Morgan fingerprint density at radius 2 is 1.55 bits per heavy atom. The molecular weight excluding hydrogens is 582 g/mol. The van der Waals surface area contributed by atoms with Gasteiger partial charge in [-0.3, -0.25) is 24.6 Å². The summed E-state index contributed by atoms with van der Waals surface area (Å²) >= 11 is 1.52. The number of para-hydroxylation sites is 1. The second-order valence-corrected chi connectivity index (χ2v) is 14.1. The van der Waals surface area contributed by atoms with Crippen molar-refractivity contribution in [2.24, 2.45) is 0 Å². The van der Waals surface area contributed by atoms with E-state index in [9.17, 15) is 19.2 Å². The highest BCUT2D eigenvalue weighted by atomic mass is 32.2. The number of hydrogen-bond donors (Lipinski definition) is 2. The highest BCUT2D eigenvalue weighted by Crippen LogP contribution is 2.34.